The molecule has 0 spiro atoms. The van der Waals surface area contributed by atoms with Gasteiger partial charge in [-0.2, -0.15) is 0 Å². The van der Waals surface area contributed by atoms with Gasteiger partial charge in [-0.1, -0.05) is 25.1 Å². The van der Waals surface area contributed by atoms with Gasteiger partial charge in [0.25, 0.3) is 5.91 Å². The van der Waals surface area contributed by atoms with Crippen molar-refractivity contribution in [3.8, 4) is 0 Å². The molecule has 0 saturated carbocycles. The van der Waals surface area contributed by atoms with Crippen LogP contribution in [0.1, 0.15) is 13.3 Å². The standard InChI is InChI=1S/C12H12N2O/c1-2-9-8-13-11(9)12(15)14-10-6-4-3-5-7-10/h3-8H,2H2,1H3,(H,14,15). The smallest absolute Gasteiger partial charge is 0.274 e. The number of hydrogen-bond acceptors (Lipinski definition) is 2. The Bertz CT molecular complexity index is 432. The Morgan fingerprint density at radius 3 is 2.60 bits per heavy atom. The van der Waals surface area contributed by atoms with Crippen molar-refractivity contribution in [2.75, 3.05) is 5.32 Å². The van der Waals surface area contributed by atoms with Gasteiger partial charge < -0.3 is 5.32 Å². The molecule has 15 heavy (non-hydrogen) atoms. The SMILES string of the molecule is CCC1=CN=C1C(=O)Nc1ccccc1. The highest BCUT2D eigenvalue weighted by Crippen LogP contribution is 2.15. The minimum Gasteiger partial charge on any atom is -0.321 e. The van der Waals surface area contributed by atoms with E-state index in [-0.39, 0.29) is 5.91 Å². The van der Waals surface area contributed by atoms with Crippen LogP contribution < -0.4 is 5.32 Å². The molecule has 0 atom stereocenters. The third kappa shape index (κ3) is 1.96. The Morgan fingerprint density at radius 2 is 2.07 bits per heavy atom. The number of aliphatic imine (C=N–C) groups is 1. The molecule has 0 bridgehead atoms. The molecule has 1 amide bonds. The zero-order valence-corrected chi connectivity index (χ0v) is 8.53. The predicted octanol–water partition coefficient (Wildman–Crippen LogP) is 2.37. The van der Waals surface area contributed by atoms with E-state index < -0.39 is 0 Å². The van der Waals surface area contributed by atoms with Crippen molar-refractivity contribution in [3.05, 3.63) is 42.1 Å². The second-order valence-electron chi connectivity index (χ2n) is 3.31. The lowest BCUT2D eigenvalue weighted by Crippen LogP contribution is -2.27. The average Bonchev–Trinajstić information content (AvgIpc) is 2.18. The van der Waals surface area contributed by atoms with Crippen LogP contribution in [-0.2, 0) is 4.79 Å². The Balaban J connectivity index is 2.00. The second-order valence-corrected chi connectivity index (χ2v) is 3.31. The average molecular weight is 200 g/mol. The van der Waals surface area contributed by atoms with Gasteiger partial charge in [0, 0.05) is 17.5 Å². The molecule has 0 unspecified atom stereocenters. The van der Waals surface area contributed by atoms with E-state index in [4.69, 9.17) is 0 Å². The van der Waals surface area contributed by atoms with Gasteiger partial charge in [-0.3, -0.25) is 9.79 Å². The summed E-state index contributed by atoms with van der Waals surface area (Å²) >= 11 is 0. The first kappa shape index (κ1) is 9.65. The Kier molecular flexibility index (Phi) is 2.63. The highest BCUT2D eigenvalue weighted by Gasteiger charge is 2.19. The van der Waals surface area contributed by atoms with Crippen LogP contribution in [0.5, 0.6) is 0 Å². The first-order valence-electron chi connectivity index (χ1n) is 4.95. The van der Waals surface area contributed by atoms with E-state index in [1.165, 1.54) is 0 Å². The van der Waals surface area contributed by atoms with Gasteiger partial charge in [-0.25, -0.2) is 0 Å². The summed E-state index contributed by atoms with van der Waals surface area (Å²) in [5.74, 6) is -0.124. The fourth-order valence-corrected chi connectivity index (χ4v) is 1.40. The van der Waals surface area contributed by atoms with E-state index in [2.05, 4.69) is 10.3 Å². The summed E-state index contributed by atoms with van der Waals surface area (Å²) in [5, 5.41) is 2.80. The van der Waals surface area contributed by atoms with Gasteiger partial charge in [0.1, 0.15) is 5.71 Å². The molecule has 1 heterocycles. The molecule has 3 heteroatoms. The van der Waals surface area contributed by atoms with E-state index in [1.54, 1.807) is 6.20 Å². The topological polar surface area (TPSA) is 41.5 Å². The Hall–Kier alpha value is -1.90. The van der Waals surface area contributed by atoms with E-state index in [1.807, 2.05) is 37.3 Å². The van der Waals surface area contributed by atoms with Crippen LogP contribution in [-0.4, -0.2) is 11.6 Å². The van der Waals surface area contributed by atoms with Crippen molar-refractivity contribution >= 4 is 17.3 Å². The predicted molar refractivity (Wildman–Crippen MR) is 60.9 cm³/mol. The molecule has 1 aliphatic heterocycles. The molecular formula is C12H12N2O. The largest absolute Gasteiger partial charge is 0.321 e. The maximum Gasteiger partial charge on any atom is 0.274 e. The molecule has 1 N–H and O–H groups in total. The van der Waals surface area contributed by atoms with E-state index >= 15 is 0 Å². The van der Waals surface area contributed by atoms with Crippen LogP contribution in [0.15, 0.2) is 47.1 Å². The van der Waals surface area contributed by atoms with Gasteiger partial charge in [0.05, 0.1) is 0 Å². The molecular weight excluding hydrogens is 188 g/mol. The Morgan fingerprint density at radius 1 is 1.33 bits per heavy atom. The molecule has 0 fully saturated rings. The number of amides is 1. The first-order valence-corrected chi connectivity index (χ1v) is 4.95. The zero-order chi connectivity index (χ0) is 10.7. The lowest BCUT2D eigenvalue weighted by Gasteiger charge is -2.14. The number of carbonyl (C=O) groups is 1. The highest BCUT2D eigenvalue weighted by atomic mass is 16.1. The maximum atomic E-state index is 11.7. The molecule has 76 valence electrons. The normalized spacial score (nSPS) is 13.7. The van der Waals surface area contributed by atoms with Crippen LogP contribution in [0.2, 0.25) is 0 Å². The Labute approximate surface area is 88.5 Å². The minimum atomic E-state index is -0.124. The van der Waals surface area contributed by atoms with E-state index in [0.29, 0.717) is 5.71 Å². The van der Waals surface area contributed by atoms with Crippen molar-refractivity contribution in [2.45, 2.75) is 13.3 Å². The molecule has 1 aliphatic rings. The van der Waals surface area contributed by atoms with Gasteiger partial charge >= 0.3 is 0 Å². The maximum absolute atomic E-state index is 11.7. The fraction of sp³-hybridized carbons (Fsp3) is 0.167. The summed E-state index contributed by atoms with van der Waals surface area (Å²) in [4.78, 5) is 15.6. The molecule has 0 radical (unpaired) electrons. The van der Waals surface area contributed by atoms with Crippen molar-refractivity contribution in [3.63, 3.8) is 0 Å². The van der Waals surface area contributed by atoms with E-state index in [9.17, 15) is 4.79 Å². The van der Waals surface area contributed by atoms with Crippen LogP contribution in [0.25, 0.3) is 0 Å². The quantitative estimate of drug-likeness (QED) is 0.799. The number of para-hydroxylation sites is 1. The molecule has 0 aliphatic carbocycles. The monoisotopic (exact) mass is 200 g/mol. The van der Waals surface area contributed by atoms with Gasteiger partial charge in [-0.15, -0.1) is 0 Å². The molecule has 0 saturated heterocycles. The fourth-order valence-electron chi connectivity index (χ4n) is 1.40. The lowest BCUT2D eigenvalue weighted by atomic mass is 10.0. The number of nitrogens with one attached hydrogen (secondary N) is 1. The molecule has 2 rings (SSSR count). The van der Waals surface area contributed by atoms with Crippen LogP contribution in [0, 0.1) is 0 Å². The lowest BCUT2D eigenvalue weighted by molar-refractivity contribution is -0.110. The third-order valence-corrected chi connectivity index (χ3v) is 2.28. The van der Waals surface area contributed by atoms with Gasteiger partial charge in [0.2, 0.25) is 0 Å². The summed E-state index contributed by atoms with van der Waals surface area (Å²) in [5.41, 5.74) is 2.37. The minimum absolute atomic E-state index is 0.124. The summed E-state index contributed by atoms with van der Waals surface area (Å²) in [6, 6.07) is 9.39. The van der Waals surface area contributed by atoms with Crippen molar-refractivity contribution in [1.29, 1.82) is 0 Å². The molecule has 1 aromatic carbocycles. The van der Waals surface area contributed by atoms with Crippen molar-refractivity contribution in [2.24, 2.45) is 4.99 Å². The van der Waals surface area contributed by atoms with Gasteiger partial charge in [0.15, 0.2) is 0 Å². The van der Waals surface area contributed by atoms with Crippen LogP contribution in [0.4, 0.5) is 5.69 Å². The molecule has 3 nitrogen and oxygen atoms in total. The zero-order valence-electron chi connectivity index (χ0n) is 8.53. The summed E-state index contributed by atoms with van der Waals surface area (Å²) in [7, 11) is 0. The molecule has 1 aromatic rings. The summed E-state index contributed by atoms with van der Waals surface area (Å²) in [6.07, 6.45) is 2.58. The third-order valence-electron chi connectivity index (χ3n) is 2.28. The van der Waals surface area contributed by atoms with Gasteiger partial charge in [-0.05, 0) is 18.6 Å². The number of carbonyl (C=O) groups excluding carboxylic acids is 1. The highest BCUT2D eigenvalue weighted by molar-refractivity contribution is 6.50. The number of anilines is 1. The van der Waals surface area contributed by atoms with Crippen molar-refractivity contribution in [1.82, 2.24) is 0 Å². The van der Waals surface area contributed by atoms with Crippen molar-refractivity contribution < 1.29 is 4.79 Å². The number of nitrogens with zero attached hydrogens (tertiary/aromatic N) is 1. The molecule has 0 aromatic heterocycles. The number of hydrogen-bond donors (Lipinski definition) is 1. The summed E-state index contributed by atoms with van der Waals surface area (Å²) < 4.78 is 0. The summed E-state index contributed by atoms with van der Waals surface area (Å²) in [6.45, 7) is 2.01. The second kappa shape index (κ2) is 4.09. The number of benzene rings is 1. The van der Waals surface area contributed by atoms with E-state index in [0.717, 1.165) is 17.7 Å². The van der Waals surface area contributed by atoms with Crippen LogP contribution >= 0.6 is 0 Å². The van der Waals surface area contributed by atoms with Crippen LogP contribution in [0.3, 0.4) is 0 Å². The first-order chi connectivity index (χ1) is 7.31. The number of rotatable bonds is 3.